The standard InChI is InChI=1S/C7H10N2S/c1-5(8)3-7-4-10-6(2)9-7/h3-4H,8H2,1-2H3/b5-3+. The van der Waals surface area contributed by atoms with E-state index < -0.39 is 0 Å². The van der Waals surface area contributed by atoms with Crippen molar-refractivity contribution in [2.75, 3.05) is 0 Å². The molecule has 0 aliphatic rings. The number of aryl methyl sites for hydroxylation is 1. The molecule has 0 aliphatic heterocycles. The zero-order chi connectivity index (χ0) is 7.56. The van der Waals surface area contributed by atoms with Crippen LogP contribution in [0, 0.1) is 6.92 Å². The van der Waals surface area contributed by atoms with Gasteiger partial charge in [-0.05, 0) is 19.9 Å². The summed E-state index contributed by atoms with van der Waals surface area (Å²) in [5.41, 5.74) is 7.22. The average Bonchev–Trinajstić information content (AvgIpc) is 2.13. The van der Waals surface area contributed by atoms with Crippen molar-refractivity contribution in [3.63, 3.8) is 0 Å². The lowest BCUT2D eigenvalue weighted by atomic mass is 10.4. The van der Waals surface area contributed by atoms with Gasteiger partial charge in [-0.15, -0.1) is 11.3 Å². The molecule has 0 spiro atoms. The van der Waals surface area contributed by atoms with E-state index in [-0.39, 0.29) is 0 Å². The Morgan fingerprint density at radius 2 is 2.50 bits per heavy atom. The Morgan fingerprint density at radius 3 is 2.90 bits per heavy atom. The maximum absolute atomic E-state index is 5.46. The number of allylic oxidation sites excluding steroid dienone is 1. The van der Waals surface area contributed by atoms with Crippen molar-refractivity contribution in [2.24, 2.45) is 5.73 Å². The molecule has 0 saturated heterocycles. The lowest BCUT2D eigenvalue weighted by Gasteiger charge is -1.85. The Bertz CT molecular complexity index is 246. The first-order valence-corrected chi connectivity index (χ1v) is 3.92. The van der Waals surface area contributed by atoms with Crippen LogP contribution in [-0.4, -0.2) is 4.98 Å². The summed E-state index contributed by atoms with van der Waals surface area (Å²) in [6.07, 6.45) is 1.86. The van der Waals surface area contributed by atoms with Gasteiger partial charge in [-0.1, -0.05) is 0 Å². The van der Waals surface area contributed by atoms with Gasteiger partial charge in [-0.3, -0.25) is 0 Å². The van der Waals surface area contributed by atoms with Crippen LogP contribution in [0.1, 0.15) is 17.6 Å². The van der Waals surface area contributed by atoms with Gasteiger partial charge in [-0.2, -0.15) is 0 Å². The van der Waals surface area contributed by atoms with Gasteiger partial charge < -0.3 is 5.73 Å². The number of hydrogen-bond acceptors (Lipinski definition) is 3. The van der Waals surface area contributed by atoms with Crippen LogP contribution in [0.15, 0.2) is 11.1 Å². The topological polar surface area (TPSA) is 38.9 Å². The lowest BCUT2D eigenvalue weighted by Crippen LogP contribution is -1.89. The fourth-order valence-corrected chi connectivity index (χ4v) is 1.25. The molecule has 0 radical (unpaired) electrons. The first-order valence-electron chi connectivity index (χ1n) is 3.04. The van der Waals surface area contributed by atoms with Crippen molar-refractivity contribution in [2.45, 2.75) is 13.8 Å². The van der Waals surface area contributed by atoms with E-state index in [2.05, 4.69) is 4.98 Å². The Morgan fingerprint density at radius 1 is 1.80 bits per heavy atom. The number of nitrogens with zero attached hydrogens (tertiary/aromatic N) is 1. The third kappa shape index (κ3) is 1.84. The lowest BCUT2D eigenvalue weighted by molar-refractivity contribution is 1.25. The fraction of sp³-hybridized carbons (Fsp3) is 0.286. The Hall–Kier alpha value is -0.830. The molecule has 0 bridgehead atoms. The highest BCUT2D eigenvalue weighted by Crippen LogP contribution is 2.09. The third-order valence-electron chi connectivity index (χ3n) is 1.01. The molecule has 0 atom stereocenters. The number of aromatic nitrogens is 1. The first-order chi connectivity index (χ1) is 4.68. The van der Waals surface area contributed by atoms with E-state index >= 15 is 0 Å². The van der Waals surface area contributed by atoms with E-state index in [9.17, 15) is 0 Å². The van der Waals surface area contributed by atoms with Crippen LogP contribution in [0.4, 0.5) is 0 Å². The quantitative estimate of drug-likeness (QED) is 0.669. The van der Waals surface area contributed by atoms with Gasteiger partial charge in [-0.25, -0.2) is 4.98 Å². The largest absolute Gasteiger partial charge is 0.402 e. The summed E-state index contributed by atoms with van der Waals surface area (Å²) in [5, 5.41) is 3.07. The maximum atomic E-state index is 5.46. The van der Waals surface area contributed by atoms with Crippen molar-refractivity contribution in [1.82, 2.24) is 4.98 Å². The van der Waals surface area contributed by atoms with Crippen LogP contribution in [0.25, 0.3) is 6.08 Å². The first kappa shape index (κ1) is 7.28. The van der Waals surface area contributed by atoms with Crippen LogP contribution in [0.3, 0.4) is 0 Å². The minimum Gasteiger partial charge on any atom is -0.402 e. The molecular formula is C7H10N2S. The molecule has 2 nitrogen and oxygen atoms in total. The second-order valence-corrected chi connectivity index (χ2v) is 3.24. The molecule has 2 N–H and O–H groups in total. The van der Waals surface area contributed by atoms with Gasteiger partial charge in [0, 0.05) is 11.1 Å². The SMILES string of the molecule is C/C(N)=C\c1csc(C)n1. The zero-order valence-corrected chi connectivity index (χ0v) is 6.90. The van der Waals surface area contributed by atoms with Crippen molar-refractivity contribution in [3.8, 4) is 0 Å². The summed E-state index contributed by atoms with van der Waals surface area (Å²) >= 11 is 1.64. The Kier molecular flexibility index (Phi) is 2.06. The van der Waals surface area contributed by atoms with Crippen LogP contribution >= 0.6 is 11.3 Å². The van der Waals surface area contributed by atoms with Gasteiger partial charge in [0.05, 0.1) is 10.7 Å². The molecule has 1 rings (SSSR count). The summed E-state index contributed by atoms with van der Waals surface area (Å²) in [6.45, 7) is 3.84. The molecule has 54 valence electrons. The number of rotatable bonds is 1. The molecule has 0 amide bonds. The van der Waals surface area contributed by atoms with Gasteiger partial charge in [0.1, 0.15) is 0 Å². The highest BCUT2D eigenvalue weighted by atomic mass is 32.1. The minimum atomic E-state index is 0.797. The molecule has 0 aromatic carbocycles. The monoisotopic (exact) mass is 154 g/mol. The molecule has 0 saturated carbocycles. The zero-order valence-electron chi connectivity index (χ0n) is 6.09. The minimum absolute atomic E-state index is 0.797. The molecule has 0 aliphatic carbocycles. The summed E-state index contributed by atoms with van der Waals surface area (Å²) < 4.78 is 0. The van der Waals surface area contributed by atoms with E-state index in [0.717, 1.165) is 16.4 Å². The van der Waals surface area contributed by atoms with Crippen LogP contribution in [0.2, 0.25) is 0 Å². The third-order valence-corrected chi connectivity index (χ3v) is 1.80. The average molecular weight is 154 g/mol. The molecule has 0 fully saturated rings. The van der Waals surface area contributed by atoms with E-state index in [1.165, 1.54) is 0 Å². The van der Waals surface area contributed by atoms with Crippen molar-refractivity contribution in [3.05, 3.63) is 21.8 Å². The predicted octanol–water partition coefficient (Wildman–Crippen LogP) is 1.77. The van der Waals surface area contributed by atoms with Crippen molar-refractivity contribution in [1.29, 1.82) is 0 Å². The van der Waals surface area contributed by atoms with Crippen LogP contribution in [-0.2, 0) is 0 Å². The number of nitrogens with two attached hydrogens (primary N) is 1. The second kappa shape index (κ2) is 2.84. The number of hydrogen-bond donors (Lipinski definition) is 1. The molecular weight excluding hydrogens is 144 g/mol. The number of thiazole rings is 1. The van der Waals surface area contributed by atoms with Gasteiger partial charge in [0.25, 0.3) is 0 Å². The molecule has 3 heteroatoms. The van der Waals surface area contributed by atoms with Crippen LogP contribution < -0.4 is 5.73 Å². The van der Waals surface area contributed by atoms with Crippen molar-refractivity contribution >= 4 is 17.4 Å². The Labute approximate surface area is 64.4 Å². The molecule has 1 aromatic heterocycles. The van der Waals surface area contributed by atoms with Crippen LogP contribution in [0.5, 0.6) is 0 Å². The van der Waals surface area contributed by atoms with E-state index in [4.69, 9.17) is 5.73 Å². The molecule has 1 heterocycles. The van der Waals surface area contributed by atoms with E-state index in [0.29, 0.717) is 0 Å². The normalized spacial score (nSPS) is 12.0. The summed E-state index contributed by atoms with van der Waals surface area (Å²) in [5.74, 6) is 0. The highest BCUT2D eigenvalue weighted by Gasteiger charge is 1.92. The predicted molar refractivity (Wildman–Crippen MR) is 44.7 cm³/mol. The maximum Gasteiger partial charge on any atom is 0.0901 e. The smallest absolute Gasteiger partial charge is 0.0901 e. The summed E-state index contributed by atoms with van der Waals surface area (Å²) in [4.78, 5) is 4.21. The molecule has 0 unspecified atom stereocenters. The van der Waals surface area contributed by atoms with Gasteiger partial charge in [0.2, 0.25) is 0 Å². The second-order valence-electron chi connectivity index (χ2n) is 2.18. The van der Waals surface area contributed by atoms with E-state index in [1.54, 1.807) is 11.3 Å². The van der Waals surface area contributed by atoms with Crippen molar-refractivity contribution < 1.29 is 0 Å². The molecule has 1 aromatic rings. The Balaban J connectivity index is 2.86. The van der Waals surface area contributed by atoms with E-state index in [1.807, 2.05) is 25.3 Å². The molecule has 10 heavy (non-hydrogen) atoms. The van der Waals surface area contributed by atoms with Gasteiger partial charge in [0.15, 0.2) is 0 Å². The van der Waals surface area contributed by atoms with Gasteiger partial charge >= 0.3 is 0 Å². The summed E-state index contributed by atoms with van der Waals surface area (Å²) in [6, 6.07) is 0. The highest BCUT2D eigenvalue weighted by molar-refractivity contribution is 7.09. The fourth-order valence-electron chi connectivity index (χ4n) is 0.680. The summed E-state index contributed by atoms with van der Waals surface area (Å²) in [7, 11) is 0.